The molecular formula is C6H6N2O2S. The maximum absolute atomic E-state index is 10.1. The Bertz CT molecular complexity index is 279. The zero-order valence-corrected chi connectivity index (χ0v) is 6.67. The molecule has 0 amide bonds. The number of hydrogen-bond acceptors (Lipinski definition) is 4. The summed E-state index contributed by atoms with van der Waals surface area (Å²) in [5.74, 6) is 0. The lowest BCUT2D eigenvalue weighted by atomic mass is 10.4. The van der Waals surface area contributed by atoms with E-state index in [1.807, 2.05) is 0 Å². The van der Waals surface area contributed by atoms with E-state index in [2.05, 4.69) is 4.98 Å². The summed E-state index contributed by atoms with van der Waals surface area (Å²) < 4.78 is 0. The molecule has 0 aromatic carbocycles. The zero-order valence-electron chi connectivity index (χ0n) is 5.85. The summed E-state index contributed by atoms with van der Waals surface area (Å²) in [4.78, 5) is 13.6. The number of aromatic nitrogens is 1. The first-order valence-corrected chi connectivity index (χ1v) is 3.85. The fourth-order valence-corrected chi connectivity index (χ4v) is 1.07. The topological polar surface area (TPSA) is 56.0 Å². The molecule has 0 bridgehead atoms. The minimum atomic E-state index is -0.431. The molecule has 1 aromatic rings. The Balaban J connectivity index is 2.82. The van der Waals surface area contributed by atoms with Crippen molar-refractivity contribution in [2.24, 2.45) is 0 Å². The van der Waals surface area contributed by atoms with Gasteiger partial charge in [0.1, 0.15) is 0 Å². The molecule has 0 saturated carbocycles. The van der Waals surface area contributed by atoms with Crippen molar-refractivity contribution in [3.63, 3.8) is 0 Å². The molecule has 0 aliphatic rings. The van der Waals surface area contributed by atoms with Gasteiger partial charge in [-0.15, -0.1) is 11.3 Å². The van der Waals surface area contributed by atoms with Crippen LogP contribution in [0.1, 0.15) is 12.6 Å². The van der Waals surface area contributed by atoms with E-state index in [0.717, 1.165) is 0 Å². The minimum Gasteiger partial charge on any atom is -0.259 e. The number of allylic oxidation sites excluding steroid dienone is 1. The third kappa shape index (κ3) is 2.12. The number of thiazole rings is 1. The number of nitro groups is 1. The molecule has 5 heteroatoms. The van der Waals surface area contributed by atoms with Crippen LogP contribution in [0.15, 0.2) is 16.6 Å². The van der Waals surface area contributed by atoms with Gasteiger partial charge in [-0.1, -0.05) is 0 Å². The smallest absolute Gasteiger partial charge is 0.245 e. The fourth-order valence-electron chi connectivity index (χ4n) is 0.560. The Morgan fingerprint density at radius 2 is 2.64 bits per heavy atom. The average Bonchev–Trinajstić information content (AvgIpc) is 2.39. The summed E-state index contributed by atoms with van der Waals surface area (Å²) in [5.41, 5.74) is 2.39. The largest absolute Gasteiger partial charge is 0.259 e. The van der Waals surface area contributed by atoms with Crippen molar-refractivity contribution in [2.45, 2.75) is 6.92 Å². The normalized spacial score (nSPS) is 11.5. The van der Waals surface area contributed by atoms with Crippen LogP contribution in [0, 0.1) is 10.1 Å². The quantitative estimate of drug-likeness (QED) is 0.502. The zero-order chi connectivity index (χ0) is 8.27. The highest BCUT2D eigenvalue weighted by atomic mass is 32.1. The van der Waals surface area contributed by atoms with E-state index in [0.29, 0.717) is 5.69 Å². The van der Waals surface area contributed by atoms with Crippen LogP contribution in [0.3, 0.4) is 0 Å². The minimum absolute atomic E-state index is 0.107. The van der Waals surface area contributed by atoms with Crippen LogP contribution in [0.5, 0.6) is 0 Å². The second kappa shape index (κ2) is 3.25. The van der Waals surface area contributed by atoms with Crippen LogP contribution in [-0.2, 0) is 0 Å². The molecule has 0 unspecified atom stereocenters. The molecule has 0 fully saturated rings. The fraction of sp³-hybridized carbons (Fsp3) is 0.167. The van der Waals surface area contributed by atoms with Crippen molar-refractivity contribution in [3.8, 4) is 0 Å². The summed E-state index contributed by atoms with van der Waals surface area (Å²) in [5, 5.41) is 11.9. The highest BCUT2D eigenvalue weighted by Crippen LogP contribution is 2.06. The molecule has 0 radical (unpaired) electrons. The summed E-state index contributed by atoms with van der Waals surface area (Å²) in [6.45, 7) is 1.44. The summed E-state index contributed by atoms with van der Waals surface area (Å²) in [6, 6.07) is 0. The van der Waals surface area contributed by atoms with Gasteiger partial charge < -0.3 is 0 Å². The van der Waals surface area contributed by atoms with Gasteiger partial charge in [0.25, 0.3) is 0 Å². The third-order valence-electron chi connectivity index (χ3n) is 1.10. The Kier molecular flexibility index (Phi) is 2.32. The molecule has 0 saturated heterocycles. The Labute approximate surface area is 67.3 Å². The molecule has 1 rings (SSSR count). The van der Waals surface area contributed by atoms with E-state index >= 15 is 0 Å². The molecule has 11 heavy (non-hydrogen) atoms. The van der Waals surface area contributed by atoms with Crippen LogP contribution in [-0.4, -0.2) is 9.91 Å². The van der Waals surface area contributed by atoms with Crippen molar-refractivity contribution in [1.82, 2.24) is 4.98 Å². The molecule has 0 spiro atoms. The second-order valence-electron chi connectivity index (χ2n) is 1.96. The molecule has 4 nitrogen and oxygen atoms in total. The van der Waals surface area contributed by atoms with Gasteiger partial charge in [-0.3, -0.25) is 10.1 Å². The first-order chi connectivity index (χ1) is 5.20. The lowest BCUT2D eigenvalue weighted by Gasteiger charge is -1.85. The van der Waals surface area contributed by atoms with Crippen LogP contribution in [0.4, 0.5) is 0 Å². The SMILES string of the molecule is C/C(=C\c1cscn1)[N+](=O)[O-]. The predicted molar refractivity (Wildman–Crippen MR) is 42.8 cm³/mol. The Morgan fingerprint density at radius 3 is 3.09 bits per heavy atom. The highest BCUT2D eigenvalue weighted by Gasteiger charge is 2.01. The van der Waals surface area contributed by atoms with Crippen molar-refractivity contribution in [1.29, 1.82) is 0 Å². The van der Waals surface area contributed by atoms with Gasteiger partial charge in [-0.05, 0) is 0 Å². The van der Waals surface area contributed by atoms with Crippen molar-refractivity contribution in [3.05, 3.63) is 32.4 Å². The van der Waals surface area contributed by atoms with Gasteiger partial charge in [0.15, 0.2) is 0 Å². The molecule has 58 valence electrons. The molecule has 0 aliphatic carbocycles. The van der Waals surface area contributed by atoms with Gasteiger partial charge >= 0.3 is 0 Å². The first kappa shape index (κ1) is 7.87. The van der Waals surface area contributed by atoms with Crippen LogP contribution < -0.4 is 0 Å². The molecule has 1 aromatic heterocycles. The molecule has 0 atom stereocenters. The number of rotatable bonds is 2. The molecule has 0 aliphatic heterocycles. The lowest BCUT2D eigenvalue weighted by Crippen LogP contribution is -1.92. The number of nitrogens with zero attached hydrogens (tertiary/aromatic N) is 2. The van der Waals surface area contributed by atoms with Crippen molar-refractivity contribution >= 4 is 17.4 Å². The van der Waals surface area contributed by atoms with Gasteiger partial charge in [0.05, 0.1) is 16.1 Å². The molecular weight excluding hydrogens is 164 g/mol. The molecule has 1 heterocycles. The van der Waals surface area contributed by atoms with Crippen molar-refractivity contribution in [2.75, 3.05) is 0 Å². The standard InChI is InChI=1S/C6H6N2O2S/c1-5(8(9)10)2-6-3-11-4-7-6/h2-4H,1H3/b5-2+. The lowest BCUT2D eigenvalue weighted by molar-refractivity contribution is -0.422. The van der Waals surface area contributed by atoms with Crippen LogP contribution in [0.25, 0.3) is 6.08 Å². The van der Waals surface area contributed by atoms with Gasteiger partial charge in [0, 0.05) is 18.4 Å². The van der Waals surface area contributed by atoms with E-state index in [1.165, 1.54) is 24.3 Å². The monoisotopic (exact) mass is 170 g/mol. The second-order valence-corrected chi connectivity index (χ2v) is 2.67. The van der Waals surface area contributed by atoms with E-state index < -0.39 is 4.92 Å². The van der Waals surface area contributed by atoms with Crippen LogP contribution in [0.2, 0.25) is 0 Å². The Hall–Kier alpha value is -1.23. The van der Waals surface area contributed by atoms with E-state index in [-0.39, 0.29) is 5.70 Å². The number of hydrogen-bond donors (Lipinski definition) is 0. The van der Waals surface area contributed by atoms with Gasteiger partial charge in [0.2, 0.25) is 5.70 Å². The van der Waals surface area contributed by atoms with Gasteiger partial charge in [-0.25, -0.2) is 4.98 Å². The third-order valence-corrected chi connectivity index (χ3v) is 1.70. The van der Waals surface area contributed by atoms with E-state index in [4.69, 9.17) is 0 Å². The highest BCUT2D eigenvalue weighted by molar-refractivity contribution is 7.07. The average molecular weight is 170 g/mol. The summed E-state index contributed by atoms with van der Waals surface area (Å²) in [6.07, 6.45) is 1.44. The van der Waals surface area contributed by atoms with E-state index in [1.54, 1.807) is 10.9 Å². The first-order valence-electron chi connectivity index (χ1n) is 2.91. The molecule has 0 N–H and O–H groups in total. The van der Waals surface area contributed by atoms with E-state index in [9.17, 15) is 10.1 Å². The Morgan fingerprint density at radius 1 is 1.91 bits per heavy atom. The summed E-state index contributed by atoms with van der Waals surface area (Å²) in [7, 11) is 0. The predicted octanol–water partition coefficient (Wildman–Crippen LogP) is 1.78. The van der Waals surface area contributed by atoms with Gasteiger partial charge in [-0.2, -0.15) is 0 Å². The maximum Gasteiger partial charge on any atom is 0.245 e. The van der Waals surface area contributed by atoms with Crippen LogP contribution >= 0.6 is 11.3 Å². The summed E-state index contributed by atoms with van der Waals surface area (Å²) >= 11 is 1.41. The van der Waals surface area contributed by atoms with Crippen molar-refractivity contribution < 1.29 is 4.92 Å². The maximum atomic E-state index is 10.1.